The lowest BCUT2D eigenvalue weighted by molar-refractivity contribution is -0.237. The minimum atomic E-state index is -5.26. The lowest BCUT2D eigenvalue weighted by Crippen LogP contribution is -2.50. The number of halogens is 4. The first-order chi connectivity index (χ1) is 18.1. The molecule has 2 aromatic rings. The quantitative estimate of drug-likeness (QED) is 0.410. The van der Waals surface area contributed by atoms with Crippen molar-refractivity contribution in [1.82, 2.24) is 9.88 Å². The maximum absolute atomic E-state index is 13.8. The van der Waals surface area contributed by atoms with Gasteiger partial charge in [-0.25, -0.2) is 0 Å². The van der Waals surface area contributed by atoms with Crippen LogP contribution in [0.2, 0.25) is 0 Å². The predicted molar refractivity (Wildman–Crippen MR) is 131 cm³/mol. The summed E-state index contributed by atoms with van der Waals surface area (Å²) < 4.78 is 65.7. The number of ether oxygens (including phenoxy) is 2. The second kappa shape index (κ2) is 10.8. The van der Waals surface area contributed by atoms with Gasteiger partial charge in [0.25, 0.3) is 5.60 Å². The fourth-order valence-corrected chi connectivity index (χ4v) is 4.42. The highest BCUT2D eigenvalue weighted by molar-refractivity contribution is 5.81. The molecule has 38 heavy (non-hydrogen) atoms. The molecule has 1 aliphatic heterocycles. The number of pyridine rings is 1. The molecule has 1 aromatic heterocycles. The molecule has 1 saturated heterocycles. The Morgan fingerprint density at radius 3 is 2.61 bits per heavy atom. The second-order valence-electron chi connectivity index (χ2n) is 8.90. The van der Waals surface area contributed by atoms with Crippen molar-refractivity contribution in [3.05, 3.63) is 94.9 Å². The van der Waals surface area contributed by atoms with Gasteiger partial charge in [-0.3, -0.25) is 9.78 Å². The smallest absolute Gasteiger partial charge is 0.429 e. The number of aromatic nitrogens is 1. The van der Waals surface area contributed by atoms with Gasteiger partial charge in [0.2, 0.25) is 5.91 Å². The number of alkyl halides is 3. The highest BCUT2D eigenvalue weighted by Crippen LogP contribution is 2.48. The number of allylic oxidation sites excluding steroid dienone is 2. The normalized spacial score (nSPS) is 23.9. The number of likely N-dealkylation sites (tertiary alicyclic amines) is 1. The zero-order valence-corrected chi connectivity index (χ0v) is 20.8. The molecular formula is C28H26F4N2O4. The first-order valence-electron chi connectivity index (χ1n) is 11.9. The average Bonchev–Trinajstić information content (AvgIpc) is 3.07. The summed E-state index contributed by atoms with van der Waals surface area (Å²) in [5, 5.41) is 10.1. The van der Waals surface area contributed by atoms with Crippen molar-refractivity contribution in [1.29, 1.82) is 0 Å². The van der Waals surface area contributed by atoms with Crippen LogP contribution in [-0.2, 0) is 11.2 Å². The maximum atomic E-state index is 13.8. The number of aliphatic hydroxyl groups is 1. The van der Waals surface area contributed by atoms with Crippen LogP contribution in [0.25, 0.3) is 0 Å². The summed E-state index contributed by atoms with van der Waals surface area (Å²) in [6.45, 7) is 1.77. The van der Waals surface area contributed by atoms with Gasteiger partial charge in [0.05, 0.1) is 20.1 Å². The van der Waals surface area contributed by atoms with Crippen LogP contribution >= 0.6 is 0 Å². The summed E-state index contributed by atoms with van der Waals surface area (Å²) in [7, 11) is 1.52. The van der Waals surface area contributed by atoms with Gasteiger partial charge in [-0.15, -0.1) is 0 Å². The minimum absolute atomic E-state index is 0.0166. The van der Waals surface area contributed by atoms with Crippen molar-refractivity contribution in [3.63, 3.8) is 0 Å². The largest absolute Gasteiger partial charge is 0.497 e. The molecule has 0 spiro atoms. The van der Waals surface area contributed by atoms with Crippen molar-refractivity contribution < 1.29 is 36.9 Å². The Hall–Kier alpha value is -3.88. The molecule has 2 heterocycles. The number of methoxy groups -OCH3 is 1. The van der Waals surface area contributed by atoms with Crippen molar-refractivity contribution in [2.75, 3.05) is 13.7 Å². The number of carbonyl (C=O) groups is 1. The molecule has 0 saturated carbocycles. The molecule has 2 aliphatic rings. The predicted octanol–water partition coefficient (Wildman–Crippen LogP) is 5.22. The second-order valence-corrected chi connectivity index (χ2v) is 8.90. The lowest BCUT2D eigenvalue weighted by atomic mass is 9.82. The highest BCUT2D eigenvalue weighted by atomic mass is 19.4. The number of amides is 1. The fraction of sp³-hybridized carbons (Fsp3) is 0.321. The van der Waals surface area contributed by atoms with Crippen LogP contribution in [-0.4, -0.2) is 52.4 Å². The van der Waals surface area contributed by atoms with E-state index in [1.807, 2.05) is 5.73 Å². The summed E-state index contributed by atoms with van der Waals surface area (Å²) in [6.07, 6.45) is 0.564. The fourth-order valence-electron chi connectivity index (χ4n) is 4.42. The van der Waals surface area contributed by atoms with Crippen LogP contribution in [0.3, 0.4) is 0 Å². The van der Waals surface area contributed by atoms with Crippen LogP contribution in [0.5, 0.6) is 11.5 Å². The van der Waals surface area contributed by atoms with Crippen molar-refractivity contribution >= 4 is 5.91 Å². The topological polar surface area (TPSA) is 71.9 Å². The van der Waals surface area contributed by atoms with Gasteiger partial charge in [0.1, 0.15) is 17.6 Å². The third-order valence-corrected chi connectivity index (χ3v) is 6.45. The van der Waals surface area contributed by atoms with Crippen LogP contribution in [0.15, 0.2) is 89.3 Å². The molecule has 6 nitrogen and oxygen atoms in total. The number of carbonyl (C=O) groups excluding carboxylic acids is 1. The number of hydrogen-bond donors (Lipinski definition) is 1. The standard InChI is InChI=1S/C28H26F4N2O4/c1-3-24-19(14-20-15-25(29)27(20,36)28(30,31)32)7-8-23(38-22-6-4-5-21(16-22)37-2)17-34(24)26(35)13-18-9-11-33-12-10-18/h3-6,9-12,14,16,23,36H,7-8,13,17H2,1-2H3/b19-14-,24-3?/t23-,27?/m0/s1. The molecule has 0 radical (unpaired) electrons. The number of hydrogen-bond acceptors (Lipinski definition) is 5. The Labute approximate surface area is 217 Å². The van der Waals surface area contributed by atoms with E-state index in [1.165, 1.54) is 12.0 Å². The lowest BCUT2D eigenvalue weighted by Gasteiger charge is -2.33. The molecule has 0 bridgehead atoms. The molecule has 1 amide bonds. The van der Waals surface area contributed by atoms with E-state index in [9.17, 15) is 27.5 Å². The molecule has 1 fully saturated rings. The summed E-state index contributed by atoms with van der Waals surface area (Å²) in [6, 6.07) is 10.3. The first-order valence-corrected chi connectivity index (χ1v) is 11.9. The van der Waals surface area contributed by atoms with Crippen LogP contribution in [0, 0.1) is 0 Å². The third kappa shape index (κ3) is 5.37. The molecule has 1 N–H and O–H groups in total. The average molecular weight is 531 g/mol. The SMILES string of the molecule is CC=C1/C(=C\C2=C=C(F)C2(O)C(F)(F)F)CC[C@H](Oc2cccc(OC)c2)CN1C(=O)Cc1ccncc1. The molecule has 4 rings (SSSR count). The summed E-state index contributed by atoms with van der Waals surface area (Å²) >= 11 is 0. The van der Waals surface area contributed by atoms with Crippen LogP contribution in [0.1, 0.15) is 25.3 Å². The van der Waals surface area contributed by atoms with Gasteiger partial charge >= 0.3 is 6.18 Å². The monoisotopic (exact) mass is 530 g/mol. The van der Waals surface area contributed by atoms with Crippen LogP contribution in [0.4, 0.5) is 17.6 Å². The molecule has 200 valence electrons. The molecule has 1 aliphatic carbocycles. The molecule has 2 atom stereocenters. The maximum Gasteiger partial charge on any atom is 0.429 e. The summed E-state index contributed by atoms with van der Waals surface area (Å²) in [5.41, 5.74) is -1.15. The van der Waals surface area contributed by atoms with E-state index in [1.54, 1.807) is 61.8 Å². The summed E-state index contributed by atoms with van der Waals surface area (Å²) in [4.78, 5) is 18.9. The van der Waals surface area contributed by atoms with Gasteiger partial charge in [-0.2, -0.15) is 17.6 Å². The number of benzene rings is 1. The van der Waals surface area contributed by atoms with E-state index in [0.29, 0.717) is 34.8 Å². The van der Waals surface area contributed by atoms with Crippen molar-refractivity contribution in [2.24, 2.45) is 0 Å². The van der Waals surface area contributed by atoms with Gasteiger partial charge in [0.15, 0.2) is 5.83 Å². The summed E-state index contributed by atoms with van der Waals surface area (Å²) in [5.74, 6) is -1.03. The number of nitrogens with zero attached hydrogens (tertiary/aromatic N) is 2. The Balaban J connectivity index is 1.69. The van der Waals surface area contributed by atoms with Gasteiger partial charge < -0.3 is 19.5 Å². The Bertz CT molecular complexity index is 1330. The highest BCUT2D eigenvalue weighted by Gasteiger charge is 2.63. The first kappa shape index (κ1) is 27.2. The van der Waals surface area contributed by atoms with E-state index in [2.05, 4.69) is 4.98 Å². The number of rotatable bonds is 6. The Morgan fingerprint density at radius 2 is 1.97 bits per heavy atom. The van der Waals surface area contributed by atoms with Crippen LogP contribution < -0.4 is 9.47 Å². The molecule has 1 unspecified atom stereocenters. The van der Waals surface area contributed by atoms with Gasteiger partial charge in [-0.1, -0.05) is 17.9 Å². The molecular weight excluding hydrogens is 504 g/mol. The van der Waals surface area contributed by atoms with Gasteiger partial charge in [-0.05, 0) is 61.2 Å². The van der Waals surface area contributed by atoms with Crippen molar-refractivity contribution in [2.45, 2.75) is 44.1 Å². The minimum Gasteiger partial charge on any atom is -0.497 e. The van der Waals surface area contributed by atoms with Crippen molar-refractivity contribution in [3.8, 4) is 11.5 Å². The molecule has 10 heteroatoms. The Morgan fingerprint density at radius 1 is 1.26 bits per heavy atom. The van der Waals surface area contributed by atoms with E-state index < -0.39 is 29.3 Å². The van der Waals surface area contributed by atoms with Gasteiger partial charge in [0, 0.05) is 29.7 Å². The Kier molecular flexibility index (Phi) is 7.76. The molecule has 1 aromatic carbocycles. The van der Waals surface area contributed by atoms with E-state index >= 15 is 0 Å². The zero-order valence-electron chi connectivity index (χ0n) is 20.8. The zero-order chi connectivity index (χ0) is 27.5. The third-order valence-electron chi connectivity index (χ3n) is 6.45. The van der Waals surface area contributed by atoms with E-state index in [-0.39, 0.29) is 25.3 Å². The van der Waals surface area contributed by atoms with E-state index in [4.69, 9.17) is 9.47 Å². The van der Waals surface area contributed by atoms with E-state index in [0.717, 1.165) is 6.08 Å².